The van der Waals surface area contributed by atoms with Gasteiger partial charge in [0.2, 0.25) is 5.91 Å². The van der Waals surface area contributed by atoms with E-state index < -0.39 is 5.97 Å². The highest BCUT2D eigenvalue weighted by molar-refractivity contribution is 6.04. The van der Waals surface area contributed by atoms with Gasteiger partial charge in [-0.2, -0.15) is 0 Å². The van der Waals surface area contributed by atoms with E-state index in [9.17, 15) is 14.4 Å². The van der Waals surface area contributed by atoms with E-state index in [0.29, 0.717) is 29.9 Å². The van der Waals surface area contributed by atoms with E-state index in [0.717, 1.165) is 31.4 Å². The van der Waals surface area contributed by atoms with Gasteiger partial charge in [-0.3, -0.25) is 9.59 Å². The van der Waals surface area contributed by atoms with Crippen molar-refractivity contribution in [2.45, 2.75) is 53.0 Å². The molecule has 0 unspecified atom stereocenters. The van der Waals surface area contributed by atoms with Crippen LogP contribution in [0, 0.1) is 19.8 Å². The topological polar surface area (TPSA) is 68.6 Å². The predicted molar refractivity (Wildman–Crippen MR) is 104 cm³/mol. The summed E-state index contributed by atoms with van der Waals surface area (Å²) in [5, 5.41) is 0. The third-order valence-corrected chi connectivity index (χ3v) is 5.44. The molecule has 0 bridgehead atoms. The molecule has 0 aliphatic heterocycles. The molecule has 1 aliphatic rings. The van der Waals surface area contributed by atoms with Gasteiger partial charge in [0, 0.05) is 30.3 Å². The number of amides is 1. The lowest BCUT2D eigenvalue weighted by Crippen LogP contribution is -2.39. The van der Waals surface area contributed by atoms with E-state index in [-0.39, 0.29) is 24.2 Å². The van der Waals surface area contributed by atoms with Crippen molar-refractivity contribution < 1.29 is 19.1 Å². The highest BCUT2D eigenvalue weighted by Crippen LogP contribution is 2.28. The molecule has 27 heavy (non-hydrogen) atoms. The Labute approximate surface area is 161 Å². The van der Waals surface area contributed by atoms with Crippen LogP contribution in [0.2, 0.25) is 0 Å². The van der Waals surface area contributed by atoms with Gasteiger partial charge in [0.1, 0.15) is 5.69 Å². The predicted octanol–water partition coefficient (Wildman–Crippen LogP) is 3.30. The maximum absolute atomic E-state index is 13.1. The Kier molecular flexibility index (Phi) is 6.99. The van der Waals surface area contributed by atoms with Crippen LogP contribution >= 0.6 is 0 Å². The second kappa shape index (κ2) is 9.02. The summed E-state index contributed by atoms with van der Waals surface area (Å²) in [4.78, 5) is 39.7. The van der Waals surface area contributed by atoms with Crippen LogP contribution in [0.1, 0.15) is 64.7 Å². The molecular formula is C21H30N2O4. The summed E-state index contributed by atoms with van der Waals surface area (Å²) in [6.07, 6.45) is 5.55. The summed E-state index contributed by atoms with van der Waals surface area (Å²) in [5.41, 5.74) is 2.24. The van der Waals surface area contributed by atoms with Gasteiger partial charge in [0.05, 0.1) is 13.7 Å². The summed E-state index contributed by atoms with van der Waals surface area (Å²) < 4.78 is 6.68. The third kappa shape index (κ3) is 4.15. The van der Waals surface area contributed by atoms with Crippen LogP contribution in [0.15, 0.2) is 12.7 Å². The lowest BCUT2D eigenvalue weighted by Gasteiger charge is -2.24. The first-order chi connectivity index (χ1) is 12.9. The third-order valence-electron chi connectivity index (χ3n) is 5.44. The Balaban J connectivity index is 2.32. The second-order valence-corrected chi connectivity index (χ2v) is 7.08. The van der Waals surface area contributed by atoms with E-state index in [4.69, 9.17) is 4.74 Å². The number of methoxy groups -OCH3 is 1. The van der Waals surface area contributed by atoms with E-state index in [2.05, 4.69) is 6.58 Å². The molecule has 6 nitrogen and oxygen atoms in total. The van der Waals surface area contributed by atoms with Gasteiger partial charge >= 0.3 is 5.97 Å². The van der Waals surface area contributed by atoms with Crippen LogP contribution in [0.5, 0.6) is 0 Å². The molecule has 1 aromatic rings. The lowest BCUT2D eigenvalue weighted by atomic mass is 10.0. The number of carbonyl (C=O) groups is 3. The molecule has 0 spiro atoms. The van der Waals surface area contributed by atoms with Crippen LogP contribution in [-0.4, -0.2) is 47.3 Å². The van der Waals surface area contributed by atoms with E-state index in [1.807, 2.05) is 13.8 Å². The van der Waals surface area contributed by atoms with Crippen molar-refractivity contribution in [3.8, 4) is 0 Å². The van der Waals surface area contributed by atoms with Gasteiger partial charge in [-0.05, 0) is 39.2 Å². The smallest absolute Gasteiger partial charge is 0.354 e. The van der Waals surface area contributed by atoms with Gasteiger partial charge in [-0.25, -0.2) is 4.79 Å². The average Bonchev–Trinajstić information content (AvgIpc) is 3.26. The normalized spacial score (nSPS) is 14.2. The lowest BCUT2D eigenvalue weighted by molar-refractivity contribution is -0.134. The minimum absolute atomic E-state index is 0.00261. The van der Waals surface area contributed by atoms with Crippen molar-refractivity contribution in [2.75, 3.05) is 20.2 Å². The molecule has 0 N–H and O–H groups in total. The number of ether oxygens (including phenoxy) is 1. The minimum Gasteiger partial charge on any atom is -0.464 e. The number of aromatic nitrogens is 1. The van der Waals surface area contributed by atoms with Crippen molar-refractivity contribution in [1.29, 1.82) is 0 Å². The zero-order valence-electron chi connectivity index (χ0n) is 16.8. The van der Waals surface area contributed by atoms with Gasteiger partial charge < -0.3 is 14.2 Å². The van der Waals surface area contributed by atoms with Crippen molar-refractivity contribution >= 4 is 17.7 Å². The Hall–Kier alpha value is -2.37. The van der Waals surface area contributed by atoms with Crippen molar-refractivity contribution in [3.05, 3.63) is 35.2 Å². The van der Waals surface area contributed by atoms with E-state index in [1.54, 1.807) is 22.5 Å². The summed E-state index contributed by atoms with van der Waals surface area (Å²) in [5.74, 6) is -0.581. The van der Waals surface area contributed by atoms with Crippen LogP contribution < -0.4 is 0 Å². The number of carbonyl (C=O) groups excluding carboxylic acids is 3. The summed E-state index contributed by atoms with van der Waals surface area (Å²) in [6, 6.07) is 0. The Morgan fingerprint density at radius 1 is 1.26 bits per heavy atom. The van der Waals surface area contributed by atoms with Gasteiger partial charge in [0.15, 0.2) is 5.78 Å². The number of rotatable bonds is 8. The van der Waals surface area contributed by atoms with E-state index in [1.165, 1.54) is 7.11 Å². The number of hydrogen-bond donors (Lipinski definition) is 0. The number of hydrogen-bond acceptors (Lipinski definition) is 4. The first kappa shape index (κ1) is 20.9. The first-order valence-corrected chi connectivity index (χ1v) is 9.58. The first-order valence-electron chi connectivity index (χ1n) is 9.58. The van der Waals surface area contributed by atoms with Gasteiger partial charge in [-0.15, -0.1) is 6.58 Å². The molecule has 0 aromatic carbocycles. The molecule has 148 valence electrons. The van der Waals surface area contributed by atoms with Crippen molar-refractivity contribution in [3.63, 3.8) is 0 Å². The number of ketones is 1. The van der Waals surface area contributed by atoms with E-state index >= 15 is 0 Å². The summed E-state index contributed by atoms with van der Waals surface area (Å²) in [7, 11) is 1.33. The van der Waals surface area contributed by atoms with Crippen LogP contribution in [0.4, 0.5) is 0 Å². The van der Waals surface area contributed by atoms with Gasteiger partial charge in [-0.1, -0.05) is 18.9 Å². The number of nitrogens with zero attached hydrogens (tertiary/aromatic N) is 2. The molecule has 1 fully saturated rings. The molecule has 1 amide bonds. The van der Waals surface area contributed by atoms with Crippen LogP contribution in [0.25, 0.3) is 0 Å². The molecule has 0 atom stereocenters. The second-order valence-electron chi connectivity index (χ2n) is 7.08. The molecule has 0 radical (unpaired) electrons. The maximum atomic E-state index is 13.1. The number of Topliss-reactive ketones (excluding diaryl/α,β-unsaturated/α-hetero) is 1. The Morgan fingerprint density at radius 3 is 2.41 bits per heavy atom. The average molecular weight is 374 g/mol. The number of esters is 1. The largest absolute Gasteiger partial charge is 0.464 e. The Morgan fingerprint density at radius 2 is 1.89 bits per heavy atom. The van der Waals surface area contributed by atoms with Crippen LogP contribution in [0.3, 0.4) is 0 Å². The highest BCUT2D eigenvalue weighted by atomic mass is 16.5. The fraction of sp³-hybridized carbons (Fsp3) is 0.571. The van der Waals surface area contributed by atoms with Crippen LogP contribution in [-0.2, 0) is 16.1 Å². The zero-order valence-corrected chi connectivity index (χ0v) is 16.8. The molecule has 2 rings (SSSR count). The van der Waals surface area contributed by atoms with Crippen molar-refractivity contribution in [1.82, 2.24) is 9.47 Å². The zero-order chi connectivity index (χ0) is 20.1. The Bertz CT molecular complexity index is 742. The summed E-state index contributed by atoms with van der Waals surface area (Å²) in [6.45, 7) is 10.1. The van der Waals surface area contributed by atoms with Gasteiger partial charge in [0.25, 0.3) is 0 Å². The van der Waals surface area contributed by atoms with Crippen molar-refractivity contribution in [2.24, 2.45) is 5.92 Å². The molecule has 0 saturated heterocycles. The quantitative estimate of drug-likeness (QED) is 0.398. The molecule has 1 heterocycles. The fourth-order valence-corrected chi connectivity index (χ4v) is 4.13. The molecule has 1 saturated carbocycles. The fourth-order valence-electron chi connectivity index (χ4n) is 4.13. The molecule has 1 aliphatic carbocycles. The molecular weight excluding hydrogens is 344 g/mol. The molecule has 6 heteroatoms. The molecule has 1 aromatic heterocycles. The SMILES string of the molecule is C=CCN(CC(=O)c1c(C)c(C(=O)OC)n(CC)c1C)C(=O)C1CCCC1. The standard InChI is InChI=1S/C21H30N2O4/c1-6-12-22(20(25)16-10-8-9-11-16)13-17(24)18-14(3)19(21(26)27-5)23(7-2)15(18)4/h6,16H,1,7-13H2,2-5H3. The monoisotopic (exact) mass is 374 g/mol. The minimum atomic E-state index is -0.457. The summed E-state index contributed by atoms with van der Waals surface area (Å²) >= 11 is 0. The maximum Gasteiger partial charge on any atom is 0.354 e. The highest BCUT2D eigenvalue weighted by Gasteiger charge is 2.31.